The molecular formula is C37H39Cl2N5O5. The van der Waals surface area contributed by atoms with Gasteiger partial charge in [0, 0.05) is 56.0 Å². The maximum Gasteiger partial charge on any atom is 0.320 e. The average Bonchev–Trinajstić information content (AvgIpc) is 3.80. The van der Waals surface area contributed by atoms with Gasteiger partial charge in [-0.1, -0.05) is 53.5 Å². The molecule has 3 heterocycles. The first-order valence-corrected chi connectivity index (χ1v) is 17.3. The van der Waals surface area contributed by atoms with Crippen molar-refractivity contribution < 1.29 is 24.2 Å². The first-order valence-electron chi connectivity index (χ1n) is 16.6. The number of anilines is 1. The third kappa shape index (κ3) is 6.38. The number of ether oxygens (including phenoxy) is 2. The Morgan fingerprint density at radius 1 is 1.02 bits per heavy atom. The van der Waals surface area contributed by atoms with E-state index in [1.165, 1.54) is 0 Å². The molecule has 0 bridgehead atoms. The van der Waals surface area contributed by atoms with Crippen LogP contribution in [0.4, 0.5) is 5.69 Å². The second kappa shape index (κ2) is 13.7. The molecule has 1 aliphatic carbocycles. The fraction of sp³-hybridized carbons (Fsp3) is 0.378. The fourth-order valence-electron chi connectivity index (χ4n) is 7.51. The normalized spacial score (nSPS) is 19.0. The average molecular weight is 705 g/mol. The topological polar surface area (TPSA) is 109 Å². The summed E-state index contributed by atoms with van der Waals surface area (Å²) >= 11 is 13.8. The zero-order chi connectivity index (χ0) is 34.4. The smallest absolute Gasteiger partial charge is 0.320 e. The minimum absolute atomic E-state index is 0.242. The second-order valence-electron chi connectivity index (χ2n) is 13.1. The van der Waals surface area contributed by atoms with Gasteiger partial charge in [0.1, 0.15) is 23.6 Å². The van der Waals surface area contributed by atoms with Gasteiger partial charge in [-0.3, -0.25) is 14.5 Å². The summed E-state index contributed by atoms with van der Waals surface area (Å²) in [6.45, 7) is 2.78. The van der Waals surface area contributed by atoms with Crippen LogP contribution in [0.2, 0.25) is 10.0 Å². The molecule has 10 nitrogen and oxygen atoms in total. The van der Waals surface area contributed by atoms with Crippen molar-refractivity contribution in [1.82, 2.24) is 19.4 Å². The zero-order valence-corrected chi connectivity index (χ0v) is 29.3. The highest BCUT2D eigenvalue weighted by Gasteiger charge is 2.32. The highest BCUT2D eigenvalue weighted by atomic mass is 35.5. The van der Waals surface area contributed by atoms with E-state index in [4.69, 9.17) is 32.7 Å². The molecule has 1 saturated heterocycles. The van der Waals surface area contributed by atoms with Crippen LogP contribution in [-0.4, -0.2) is 69.6 Å². The number of carbonyl (C=O) groups excluding carboxylic acids is 1. The van der Waals surface area contributed by atoms with E-state index < -0.39 is 12.0 Å². The number of methoxy groups -OCH3 is 1. The van der Waals surface area contributed by atoms with Gasteiger partial charge in [0.05, 0.1) is 28.5 Å². The Balaban J connectivity index is 1.11. The van der Waals surface area contributed by atoms with Crippen LogP contribution < -0.4 is 14.8 Å². The first kappa shape index (κ1) is 33.4. The number of hydrogen-bond donors (Lipinski definition) is 2. The standard InChI is InChI=1S/C37H39Cl2N5O5/c1-42-16-14-29-28(20-42)40-35(43(29)2)36(45)41-27-10-5-9-25(34(27)39)22-7-4-8-24-23(22)12-13-31(24)49-33-18-32(48-3)21(17-26(33)38)19-44-15-6-11-30(44)37(46)47/h4-5,7-10,17-18,30-31H,6,11-16,19-20H2,1-3H3,(H,41,45)(H,46,47). The quantitative estimate of drug-likeness (QED) is 0.197. The summed E-state index contributed by atoms with van der Waals surface area (Å²) in [5.74, 6) is 0.366. The van der Waals surface area contributed by atoms with E-state index in [1.807, 2.05) is 46.8 Å². The molecule has 2 atom stereocenters. The molecule has 7 rings (SSSR count). The predicted molar refractivity (Wildman–Crippen MR) is 189 cm³/mol. The summed E-state index contributed by atoms with van der Waals surface area (Å²) in [5, 5.41) is 13.5. The zero-order valence-electron chi connectivity index (χ0n) is 27.8. The number of aromatic nitrogens is 2. The number of rotatable bonds is 9. The molecule has 2 N–H and O–H groups in total. The Morgan fingerprint density at radius 3 is 2.61 bits per heavy atom. The summed E-state index contributed by atoms with van der Waals surface area (Å²) in [6, 6.07) is 14.9. The molecule has 12 heteroatoms. The van der Waals surface area contributed by atoms with Crippen LogP contribution in [-0.2, 0) is 37.8 Å². The number of likely N-dealkylation sites (N-methyl/N-ethyl adjacent to an activating group) is 1. The summed E-state index contributed by atoms with van der Waals surface area (Å²) < 4.78 is 14.1. The number of carboxylic acid groups (broad SMARTS) is 1. The van der Waals surface area contributed by atoms with Crippen LogP contribution in [0.3, 0.4) is 0 Å². The fourth-order valence-corrected chi connectivity index (χ4v) is 8.02. The molecule has 256 valence electrons. The second-order valence-corrected chi connectivity index (χ2v) is 13.9. The third-order valence-electron chi connectivity index (χ3n) is 10.0. The molecule has 0 saturated carbocycles. The molecule has 1 fully saturated rings. The van der Waals surface area contributed by atoms with Gasteiger partial charge < -0.3 is 29.4 Å². The number of carbonyl (C=O) groups is 2. The number of amides is 1. The van der Waals surface area contributed by atoms with E-state index in [1.54, 1.807) is 19.2 Å². The predicted octanol–water partition coefficient (Wildman–Crippen LogP) is 6.76. The number of hydrogen-bond acceptors (Lipinski definition) is 7. The third-order valence-corrected chi connectivity index (χ3v) is 10.7. The maximum absolute atomic E-state index is 13.4. The highest BCUT2D eigenvalue weighted by Crippen LogP contribution is 2.45. The van der Waals surface area contributed by atoms with Crippen molar-refractivity contribution in [3.05, 3.63) is 92.5 Å². The summed E-state index contributed by atoms with van der Waals surface area (Å²) in [6.07, 6.45) is 3.59. The SMILES string of the molecule is COc1cc(OC2CCc3c(-c4cccc(NC(=O)c5nc6c(n5C)CCN(C)C6)c4Cl)cccc32)c(Cl)cc1CN1CCCC1C(=O)O. The number of benzene rings is 3. The Kier molecular flexibility index (Phi) is 9.32. The number of imidazole rings is 1. The van der Waals surface area contributed by atoms with Gasteiger partial charge in [-0.05, 0) is 68.1 Å². The molecule has 2 unspecified atom stereocenters. The van der Waals surface area contributed by atoms with Crippen LogP contribution in [0.1, 0.15) is 64.1 Å². The molecule has 0 spiro atoms. The van der Waals surface area contributed by atoms with Crippen molar-refractivity contribution >= 4 is 40.8 Å². The number of aliphatic carboxylic acids is 1. The van der Waals surface area contributed by atoms with Gasteiger partial charge in [-0.25, -0.2) is 4.98 Å². The number of carboxylic acids is 1. The van der Waals surface area contributed by atoms with Crippen molar-refractivity contribution in [3.8, 4) is 22.6 Å². The lowest BCUT2D eigenvalue weighted by Crippen LogP contribution is -2.35. The van der Waals surface area contributed by atoms with E-state index in [-0.39, 0.29) is 12.0 Å². The number of nitrogens with one attached hydrogen (secondary N) is 1. The summed E-state index contributed by atoms with van der Waals surface area (Å²) in [5.41, 5.74) is 7.35. The number of nitrogens with zero attached hydrogens (tertiary/aromatic N) is 4. The lowest BCUT2D eigenvalue weighted by atomic mass is 9.96. The lowest BCUT2D eigenvalue weighted by molar-refractivity contribution is -0.142. The molecule has 4 aromatic rings. The van der Waals surface area contributed by atoms with Crippen molar-refractivity contribution in [2.45, 2.75) is 57.3 Å². The van der Waals surface area contributed by atoms with Crippen LogP contribution in [0.15, 0.2) is 48.5 Å². The number of likely N-dealkylation sites (tertiary alicyclic amines) is 1. The van der Waals surface area contributed by atoms with E-state index in [2.05, 4.69) is 28.3 Å². The number of fused-ring (bicyclic) bond motifs is 2. The van der Waals surface area contributed by atoms with Gasteiger partial charge in [-0.15, -0.1) is 0 Å². The van der Waals surface area contributed by atoms with E-state index >= 15 is 0 Å². The van der Waals surface area contributed by atoms with E-state index in [9.17, 15) is 14.7 Å². The van der Waals surface area contributed by atoms with Gasteiger partial charge in [0.15, 0.2) is 5.82 Å². The monoisotopic (exact) mass is 703 g/mol. The van der Waals surface area contributed by atoms with Crippen molar-refractivity contribution in [2.75, 3.05) is 32.6 Å². The van der Waals surface area contributed by atoms with Crippen molar-refractivity contribution in [2.24, 2.45) is 7.05 Å². The molecule has 3 aliphatic rings. The molecular weight excluding hydrogens is 665 g/mol. The minimum atomic E-state index is -0.810. The van der Waals surface area contributed by atoms with Crippen LogP contribution in [0, 0.1) is 0 Å². The van der Waals surface area contributed by atoms with E-state index in [0.717, 1.165) is 78.0 Å². The largest absolute Gasteiger partial charge is 0.496 e. The van der Waals surface area contributed by atoms with Gasteiger partial charge in [0.2, 0.25) is 0 Å². The Morgan fingerprint density at radius 2 is 1.82 bits per heavy atom. The first-order chi connectivity index (χ1) is 23.6. The van der Waals surface area contributed by atoms with Gasteiger partial charge >= 0.3 is 5.97 Å². The van der Waals surface area contributed by atoms with Gasteiger partial charge in [0.25, 0.3) is 5.91 Å². The molecule has 2 aliphatic heterocycles. The maximum atomic E-state index is 13.4. The number of halogens is 2. The highest BCUT2D eigenvalue weighted by molar-refractivity contribution is 6.36. The minimum Gasteiger partial charge on any atom is -0.496 e. The van der Waals surface area contributed by atoms with Crippen molar-refractivity contribution in [1.29, 1.82) is 0 Å². The molecule has 49 heavy (non-hydrogen) atoms. The molecule has 1 aromatic heterocycles. The van der Waals surface area contributed by atoms with Gasteiger partial charge in [-0.2, -0.15) is 0 Å². The lowest BCUT2D eigenvalue weighted by Gasteiger charge is -2.23. The van der Waals surface area contributed by atoms with Crippen molar-refractivity contribution in [3.63, 3.8) is 0 Å². The molecule has 0 radical (unpaired) electrons. The summed E-state index contributed by atoms with van der Waals surface area (Å²) in [4.78, 5) is 34.0. The molecule has 3 aromatic carbocycles. The van der Waals surface area contributed by atoms with E-state index in [0.29, 0.717) is 52.6 Å². The van der Waals surface area contributed by atoms with Crippen LogP contribution in [0.25, 0.3) is 11.1 Å². The summed E-state index contributed by atoms with van der Waals surface area (Å²) in [7, 11) is 5.53. The Bertz CT molecular complexity index is 1940. The Hall–Kier alpha value is -4.09. The van der Waals surface area contributed by atoms with Crippen LogP contribution in [0.5, 0.6) is 11.5 Å². The van der Waals surface area contributed by atoms with Crippen LogP contribution >= 0.6 is 23.2 Å². The Labute approximate surface area is 295 Å². The molecule has 1 amide bonds.